The maximum absolute atomic E-state index is 11.4. The van der Waals surface area contributed by atoms with Crippen molar-refractivity contribution in [3.05, 3.63) is 34.9 Å². The monoisotopic (exact) mass is 263 g/mol. The number of hydrogen-bond donors (Lipinski definition) is 2. The average Bonchev–Trinajstić information content (AvgIpc) is 2.25. The van der Waals surface area contributed by atoms with Gasteiger partial charge in [-0.2, -0.15) is 0 Å². The molecule has 3 amide bonds. The number of halogens is 1. The first-order valence-electron chi connectivity index (χ1n) is 4.74. The molecule has 0 aromatic heterocycles. The second-order valence-corrected chi connectivity index (χ2v) is 3.84. The van der Waals surface area contributed by atoms with E-state index in [9.17, 15) is 9.59 Å². The number of nitrogens with one attached hydrogen (secondary N) is 2. The maximum atomic E-state index is 11.4. The Morgan fingerprint density at radius 1 is 1.24 bits per heavy atom. The van der Waals surface area contributed by atoms with E-state index in [0.29, 0.717) is 11.6 Å². The summed E-state index contributed by atoms with van der Waals surface area (Å²) in [4.78, 5) is 22.3. The van der Waals surface area contributed by atoms with Crippen molar-refractivity contribution >= 4 is 53.1 Å². The molecular formula is C10H11ClN3NaO2. The third-order valence-corrected chi connectivity index (χ3v) is 2.43. The molecule has 2 rings (SSSR count). The fraction of sp³-hybridized carbons (Fsp3) is 0.200. The minimum absolute atomic E-state index is 0. The quantitative estimate of drug-likeness (QED) is 0.752. The van der Waals surface area contributed by atoms with Crippen LogP contribution in [0.1, 0.15) is 5.56 Å². The molecule has 0 saturated carbocycles. The first kappa shape index (κ1) is 14.5. The van der Waals surface area contributed by atoms with Crippen molar-refractivity contribution in [3.8, 4) is 0 Å². The van der Waals surface area contributed by atoms with Crippen molar-refractivity contribution in [2.75, 3.05) is 6.54 Å². The Bertz CT molecular complexity index is 424. The summed E-state index contributed by atoms with van der Waals surface area (Å²) in [5, 5.41) is 4.22. The predicted molar refractivity (Wildman–Crippen MR) is 65.7 cm³/mol. The molecule has 1 fully saturated rings. The van der Waals surface area contributed by atoms with Gasteiger partial charge in [-0.25, -0.2) is 10.2 Å². The number of hydrazine groups is 1. The van der Waals surface area contributed by atoms with Crippen LogP contribution in [-0.2, 0) is 11.3 Å². The van der Waals surface area contributed by atoms with E-state index in [2.05, 4.69) is 10.7 Å². The van der Waals surface area contributed by atoms with Gasteiger partial charge in [0.1, 0.15) is 0 Å². The van der Waals surface area contributed by atoms with Gasteiger partial charge in [-0.3, -0.25) is 15.1 Å². The molecule has 5 nitrogen and oxygen atoms in total. The Kier molecular flexibility index (Phi) is 5.42. The average molecular weight is 264 g/mol. The van der Waals surface area contributed by atoms with Crippen LogP contribution in [0.2, 0.25) is 5.02 Å². The van der Waals surface area contributed by atoms with Crippen LogP contribution in [0.15, 0.2) is 24.3 Å². The minimum atomic E-state index is -0.439. The molecule has 0 bridgehead atoms. The number of amides is 3. The standard InChI is InChI=1S/C10H10ClN3O2.Na.H/c11-8-3-1-7(2-4-8)6-14-10(16)13-9(15)5-12-14;;/h1-4,12H,5-6H2,(H,13,15,16);;. The van der Waals surface area contributed by atoms with E-state index in [-0.39, 0.29) is 42.0 Å². The van der Waals surface area contributed by atoms with Crippen LogP contribution in [-0.4, -0.2) is 53.0 Å². The van der Waals surface area contributed by atoms with Crippen molar-refractivity contribution in [2.24, 2.45) is 0 Å². The fourth-order valence-electron chi connectivity index (χ4n) is 1.37. The van der Waals surface area contributed by atoms with Crippen molar-refractivity contribution in [3.63, 3.8) is 0 Å². The van der Waals surface area contributed by atoms with E-state index in [0.717, 1.165) is 5.56 Å². The summed E-state index contributed by atoms with van der Waals surface area (Å²) < 4.78 is 0. The Morgan fingerprint density at radius 2 is 1.88 bits per heavy atom. The van der Waals surface area contributed by atoms with Crippen molar-refractivity contribution in [1.29, 1.82) is 0 Å². The fourth-order valence-corrected chi connectivity index (χ4v) is 1.50. The van der Waals surface area contributed by atoms with Gasteiger partial charge in [0.25, 0.3) is 0 Å². The topological polar surface area (TPSA) is 61.4 Å². The van der Waals surface area contributed by atoms with E-state index in [4.69, 9.17) is 11.6 Å². The second kappa shape index (κ2) is 6.37. The van der Waals surface area contributed by atoms with Crippen LogP contribution >= 0.6 is 11.6 Å². The molecule has 1 heterocycles. The second-order valence-electron chi connectivity index (χ2n) is 3.40. The summed E-state index contributed by atoms with van der Waals surface area (Å²) in [5.41, 5.74) is 3.65. The van der Waals surface area contributed by atoms with Crippen LogP contribution in [0.25, 0.3) is 0 Å². The number of benzene rings is 1. The number of rotatable bonds is 2. The first-order chi connectivity index (χ1) is 7.65. The molecule has 2 N–H and O–H groups in total. The first-order valence-corrected chi connectivity index (χ1v) is 5.12. The predicted octanol–water partition coefficient (Wildman–Crippen LogP) is 0.248. The van der Waals surface area contributed by atoms with Crippen molar-refractivity contribution in [1.82, 2.24) is 15.8 Å². The van der Waals surface area contributed by atoms with Gasteiger partial charge in [-0.05, 0) is 17.7 Å². The van der Waals surface area contributed by atoms with E-state index < -0.39 is 6.03 Å². The van der Waals surface area contributed by atoms with Gasteiger partial charge < -0.3 is 0 Å². The Hall–Kier alpha value is -0.590. The van der Waals surface area contributed by atoms with E-state index in [1.54, 1.807) is 12.1 Å². The zero-order chi connectivity index (χ0) is 11.5. The summed E-state index contributed by atoms with van der Waals surface area (Å²) in [7, 11) is 0. The van der Waals surface area contributed by atoms with E-state index in [1.165, 1.54) is 5.01 Å². The molecule has 1 aromatic carbocycles. The van der Waals surface area contributed by atoms with Crippen molar-refractivity contribution < 1.29 is 9.59 Å². The van der Waals surface area contributed by atoms with Crippen LogP contribution in [0.5, 0.6) is 0 Å². The van der Waals surface area contributed by atoms with Gasteiger partial charge in [0.2, 0.25) is 5.91 Å². The van der Waals surface area contributed by atoms with Crippen LogP contribution in [0.4, 0.5) is 4.79 Å². The molecule has 86 valence electrons. The van der Waals surface area contributed by atoms with Gasteiger partial charge in [0, 0.05) is 5.02 Å². The molecule has 0 unspecified atom stereocenters. The molecule has 1 aliphatic rings. The Labute approximate surface area is 126 Å². The summed E-state index contributed by atoms with van der Waals surface area (Å²) in [6.45, 7) is 0.496. The van der Waals surface area contributed by atoms with Gasteiger partial charge in [-0.15, -0.1) is 0 Å². The molecule has 0 radical (unpaired) electrons. The number of hydrogen-bond acceptors (Lipinski definition) is 3. The SMILES string of the molecule is O=C1CNN(Cc2ccc(Cl)cc2)C(=O)N1.[NaH]. The zero-order valence-electron chi connectivity index (χ0n) is 8.37. The number of carbonyl (C=O) groups is 2. The van der Waals surface area contributed by atoms with Gasteiger partial charge >= 0.3 is 35.6 Å². The number of imide groups is 1. The van der Waals surface area contributed by atoms with Crippen molar-refractivity contribution in [2.45, 2.75) is 6.54 Å². The molecule has 0 atom stereocenters. The molecule has 1 aliphatic heterocycles. The summed E-state index contributed by atoms with van der Waals surface area (Å²) in [5.74, 6) is -0.322. The third kappa shape index (κ3) is 3.97. The number of carbonyl (C=O) groups excluding carboxylic acids is 2. The molecule has 1 aromatic rings. The van der Waals surface area contributed by atoms with Crippen LogP contribution in [0.3, 0.4) is 0 Å². The third-order valence-electron chi connectivity index (χ3n) is 2.18. The Morgan fingerprint density at radius 3 is 2.47 bits per heavy atom. The van der Waals surface area contributed by atoms with E-state index >= 15 is 0 Å². The molecule has 17 heavy (non-hydrogen) atoms. The van der Waals surface area contributed by atoms with Gasteiger partial charge in [0.15, 0.2) is 0 Å². The molecule has 0 aliphatic carbocycles. The molecule has 7 heteroatoms. The zero-order valence-corrected chi connectivity index (χ0v) is 9.12. The van der Waals surface area contributed by atoms with Crippen LogP contribution < -0.4 is 10.7 Å². The number of nitrogens with zero attached hydrogens (tertiary/aromatic N) is 1. The summed E-state index contributed by atoms with van der Waals surface area (Å²) >= 11 is 5.75. The van der Waals surface area contributed by atoms with Gasteiger partial charge in [0.05, 0.1) is 13.1 Å². The molecule has 1 saturated heterocycles. The normalized spacial score (nSPS) is 15.2. The Balaban J connectivity index is 0.00000144. The van der Waals surface area contributed by atoms with Gasteiger partial charge in [-0.1, -0.05) is 23.7 Å². The van der Waals surface area contributed by atoms with E-state index in [1.807, 2.05) is 12.1 Å². The number of urea groups is 1. The molecule has 0 spiro atoms. The molecular weight excluding hydrogens is 253 g/mol. The van der Waals surface area contributed by atoms with Crippen LogP contribution in [0, 0.1) is 0 Å². The summed E-state index contributed by atoms with van der Waals surface area (Å²) in [6, 6.07) is 6.72. The summed E-state index contributed by atoms with van der Waals surface area (Å²) in [6.07, 6.45) is 0.